The largest absolute Gasteiger partial charge is 0.466 e. The molecule has 3 nitrogen and oxygen atoms in total. The lowest BCUT2D eigenvalue weighted by molar-refractivity contribution is -0.134. The van der Waals surface area contributed by atoms with Crippen LogP contribution in [0.5, 0.6) is 0 Å². The van der Waals surface area contributed by atoms with E-state index in [1.54, 1.807) is 0 Å². The normalized spacial score (nSPS) is 9.74. The molecule has 0 saturated carbocycles. The second kappa shape index (κ2) is 17.2. The predicted molar refractivity (Wildman–Crippen MR) is 83.4 cm³/mol. The van der Waals surface area contributed by atoms with Gasteiger partial charge in [-0.15, -0.1) is 0 Å². The van der Waals surface area contributed by atoms with E-state index in [0.29, 0.717) is 0 Å². The molecule has 0 aromatic heterocycles. The summed E-state index contributed by atoms with van der Waals surface area (Å²) >= 11 is 0. The molecule has 0 aliphatic heterocycles. The molecule has 0 spiro atoms. The van der Waals surface area contributed by atoms with Gasteiger partial charge in [-0.2, -0.15) is 0 Å². The van der Waals surface area contributed by atoms with E-state index in [1.165, 1.54) is 65.3 Å². The van der Waals surface area contributed by atoms with Crippen molar-refractivity contribution in [1.82, 2.24) is 4.90 Å². The van der Waals surface area contributed by atoms with Crippen LogP contribution in [0, 0.1) is 0 Å². The Bertz CT molecular complexity index is 186. The predicted octanol–water partition coefficient (Wildman–Crippen LogP) is 4.03. The van der Waals surface area contributed by atoms with Gasteiger partial charge in [-0.3, -0.25) is 0 Å². The van der Waals surface area contributed by atoms with E-state index in [0.717, 1.165) is 6.08 Å². The van der Waals surface area contributed by atoms with Crippen LogP contribution in [0.2, 0.25) is 0 Å². The molecule has 0 saturated heterocycles. The van der Waals surface area contributed by atoms with Gasteiger partial charge in [0.2, 0.25) is 0 Å². The van der Waals surface area contributed by atoms with E-state index in [1.807, 2.05) is 0 Å². The Morgan fingerprint density at radius 3 is 1.53 bits per heavy atom. The zero-order valence-electron chi connectivity index (χ0n) is 13.4. The van der Waals surface area contributed by atoms with Crippen LogP contribution in [0.4, 0.5) is 0 Å². The number of esters is 1. The minimum absolute atomic E-state index is 0.394. The molecule has 0 N–H and O–H groups in total. The van der Waals surface area contributed by atoms with Crippen LogP contribution in [0.1, 0.15) is 59.3 Å². The first-order valence-electron chi connectivity index (χ1n) is 7.58. The van der Waals surface area contributed by atoms with Crippen molar-refractivity contribution in [3.63, 3.8) is 0 Å². The standard InChI is InChI=1S/C12H27N.C4H6O2/c1-4-7-10-13(11-8-5-2)12-9-6-3;1-3-4(5)6-2/h4-12H2,1-3H3;3H,1H2,2H3. The maximum atomic E-state index is 9.84. The van der Waals surface area contributed by atoms with Crippen molar-refractivity contribution < 1.29 is 9.53 Å². The molecule has 0 aromatic rings. The SMILES string of the molecule is C=CC(=O)OC.CCCCN(CCCC)CCCC. The summed E-state index contributed by atoms with van der Waals surface area (Å²) in [6.07, 6.45) is 9.20. The van der Waals surface area contributed by atoms with Gasteiger partial charge in [-0.25, -0.2) is 4.79 Å². The third-order valence-corrected chi connectivity index (χ3v) is 2.85. The molecule has 3 heteroatoms. The summed E-state index contributed by atoms with van der Waals surface area (Å²) in [5.41, 5.74) is 0. The number of hydrogen-bond donors (Lipinski definition) is 0. The Morgan fingerprint density at radius 1 is 1.00 bits per heavy atom. The molecule has 0 unspecified atom stereocenters. The Balaban J connectivity index is 0. The number of nitrogens with zero attached hydrogens (tertiary/aromatic N) is 1. The summed E-state index contributed by atoms with van der Waals surface area (Å²) in [5.74, 6) is -0.394. The molecular formula is C16H33NO2. The van der Waals surface area contributed by atoms with E-state index in [4.69, 9.17) is 0 Å². The Morgan fingerprint density at radius 2 is 1.37 bits per heavy atom. The lowest BCUT2D eigenvalue weighted by Crippen LogP contribution is -2.27. The second-order valence-corrected chi connectivity index (χ2v) is 4.63. The van der Waals surface area contributed by atoms with Crippen LogP contribution in [-0.4, -0.2) is 37.6 Å². The average molecular weight is 271 g/mol. The molecule has 0 rings (SSSR count). The van der Waals surface area contributed by atoms with Gasteiger partial charge in [-0.1, -0.05) is 46.6 Å². The fourth-order valence-corrected chi connectivity index (χ4v) is 1.56. The van der Waals surface area contributed by atoms with Crippen molar-refractivity contribution in [2.24, 2.45) is 0 Å². The van der Waals surface area contributed by atoms with Crippen LogP contribution in [0.15, 0.2) is 12.7 Å². The van der Waals surface area contributed by atoms with Crippen LogP contribution < -0.4 is 0 Å². The van der Waals surface area contributed by atoms with E-state index in [9.17, 15) is 4.79 Å². The van der Waals surface area contributed by atoms with Crippen molar-refractivity contribution in [1.29, 1.82) is 0 Å². The molecule has 0 fully saturated rings. The highest BCUT2D eigenvalue weighted by atomic mass is 16.5. The summed E-state index contributed by atoms with van der Waals surface area (Å²) in [5, 5.41) is 0. The van der Waals surface area contributed by atoms with Gasteiger partial charge in [0.25, 0.3) is 0 Å². The van der Waals surface area contributed by atoms with Crippen LogP contribution >= 0.6 is 0 Å². The zero-order chi connectivity index (χ0) is 14.9. The molecule has 0 radical (unpaired) electrons. The topological polar surface area (TPSA) is 29.5 Å². The van der Waals surface area contributed by atoms with E-state index in [2.05, 4.69) is 37.0 Å². The smallest absolute Gasteiger partial charge is 0.329 e. The van der Waals surface area contributed by atoms with Crippen molar-refractivity contribution in [3.8, 4) is 0 Å². The van der Waals surface area contributed by atoms with Gasteiger partial charge in [0.1, 0.15) is 0 Å². The molecule has 0 bridgehead atoms. The van der Waals surface area contributed by atoms with Crippen molar-refractivity contribution in [2.45, 2.75) is 59.3 Å². The fraction of sp³-hybridized carbons (Fsp3) is 0.812. The average Bonchev–Trinajstić information content (AvgIpc) is 2.46. The number of rotatable bonds is 10. The Hall–Kier alpha value is -0.830. The summed E-state index contributed by atoms with van der Waals surface area (Å²) < 4.78 is 4.14. The fourth-order valence-electron chi connectivity index (χ4n) is 1.56. The number of hydrogen-bond acceptors (Lipinski definition) is 3. The van der Waals surface area contributed by atoms with Crippen LogP contribution in [0.25, 0.3) is 0 Å². The molecule has 19 heavy (non-hydrogen) atoms. The van der Waals surface area contributed by atoms with Gasteiger partial charge in [0.15, 0.2) is 0 Å². The second-order valence-electron chi connectivity index (χ2n) is 4.63. The monoisotopic (exact) mass is 271 g/mol. The van der Waals surface area contributed by atoms with Crippen LogP contribution in [-0.2, 0) is 9.53 Å². The first kappa shape index (κ1) is 20.5. The van der Waals surface area contributed by atoms with Gasteiger partial charge < -0.3 is 9.64 Å². The van der Waals surface area contributed by atoms with E-state index in [-0.39, 0.29) is 0 Å². The van der Waals surface area contributed by atoms with Gasteiger partial charge in [0, 0.05) is 6.08 Å². The first-order chi connectivity index (χ1) is 9.15. The minimum atomic E-state index is -0.394. The molecule has 0 amide bonds. The zero-order valence-corrected chi connectivity index (χ0v) is 13.4. The van der Waals surface area contributed by atoms with Gasteiger partial charge >= 0.3 is 5.97 Å². The molecule has 0 aliphatic rings. The highest BCUT2D eigenvalue weighted by Gasteiger charge is 2.01. The highest BCUT2D eigenvalue weighted by Crippen LogP contribution is 2.01. The maximum absolute atomic E-state index is 9.84. The van der Waals surface area contributed by atoms with Crippen molar-refractivity contribution >= 4 is 5.97 Å². The molecule has 0 aliphatic carbocycles. The van der Waals surface area contributed by atoms with E-state index < -0.39 is 5.97 Å². The highest BCUT2D eigenvalue weighted by molar-refractivity contribution is 5.80. The van der Waals surface area contributed by atoms with Crippen LogP contribution in [0.3, 0.4) is 0 Å². The van der Waals surface area contributed by atoms with Gasteiger partial charge in [-0.05, 0) is 38.9 Å². The Kier molecular flexibility index (Phi) is 18.5. The molecule has 0 atom stereocenters. The lowest BCUT2D eigenvalue weighted by atomic mass is 10.2. The first-order valence-corrected chi connectivity index (χ1v) is 7.58. The van der Waals surface area contributed by atoms with Crippen molar-refractivity contribution in [2.75, 3.05) is 26.7 Å². The third-order valence-electron chi connectivity index (χ3n) is 2.85. The van der Waals surface area contributed by atoms with E-state index >= 15 is 0 Å². The summed E-state index contributed by atoms with van der Waals surface area (Å²) in [6, 6.07) is 0. The lowest BCUT2D eigenvalue weighted by Gasteiger charge is -2.21. The summed E-state index contributed by atoms with van der Waals surface area (Å²) in [7, 11) is 1.31. The molecular weight excluding hydrogens is 238 g/mol. The maximum Gasteiger partial charge on any atom is 0.329 e. The number of carbonyl (C=O) groups is 1. The van der Waals surface area contributed by atoms with Crippen molar-refractivity contribution in [3.05, 3.63) is 12.7 Å². The quantitative estimate of drug-likeness (QED) is 0.444. The molecule has 0 heterocycles. The minimum Gasteiger partial charge on any atom is -0.466 e. The third kappa shape index (κ3) is 17.2. The molecule has 114 valence electrons. The molecule has 0 aromatic carbocycles. The Labute approximate surface area is 120 Å². The summed E-state index contributed by atoms with van der Waals surface area (Å²) in [6.45, 7) is 13.9. The number of ether oxygens (including phenoxy) is 1. The van der Waals surface area contributed by atoms with Gasteiger partial charge in [0.05, 0.1) is 7.11 Å². The number of methoxy groups -OCH3 is 1. The number of unbranched alkanes of at least 4 members (excludes halogenated alkanes) is 3. The number of carbonyl (C=O) groups excluding carboxylic acids is 1. The summed E-state index contributed by atoms with van der Waals surface area (Å²) in [4.78, 5) is 12.5.